The number of hydrogen-bond acceptors (Lipinski definition) is 3. The fourth-order valence-corrected chi connectivity index (χ4v) is 1.08. The Balaban J connectivity index is 0. The summed E-state index contributed by atoms with van der Waals surface area (Å²) in [4.78, 5) is 11.6. The first-order chi connectivity index (χ1) is 9.78. The number of methoxy groups -OCH3 is 1. The maximum absolute atomic E-state index is 12.0. The number of aryl methyl sites for hydroxylation is 1. The highest BCUT2D eigenvalue weighted by Gasteiger charge is 2.01. The normalized spacial score (nSPS) is 10.5. The summed E-state index contributed by atoms with van der Waals surface area (Å²) < 4.78 is 16.3. The van der Waals surface area contributed by atoms with Gasteiger partial charge in [0.1, 0.15) is 6.67 Å². The number of carbonyl (C=O) groups is 1. The molecule has 21 heavy (non-hydrogen) atoms. The minimum Gasteiger partial charge on any atom is -0.388 e. The molecule has 0 aliphatic rings. The molecule has 4 nitrogen and oxygen atoms in total. The van der Waals surface area contributed by atoms with Gasteiger partial charge in [-0.05, 0) is 18.9 Å². The average Bonchev–Trinajstić information content (AvgIpc) is 2.42. The number of halogens is 1. The molecule has 1 aromatic carbocycles. The second-order valence-electron chi connectivity index (χ2n) is 4.93. The second-order valence-corrected chi connectivity index (χ2v) is 4.93. The van der Waals surface area contributed by atoms with Crippen molar-refractivity contribution in [2.45, 2.75) is 26.3 Å². The predicted octanol–water partition coefficient (Wildman–Crippen LogP) is 2.19. The zero-order valence-corrected chi connectivity index (χ0v) is 14.0. The summed E-state index contributed by atoms with van der Waals surface area (Å²) in [5.74, 6) is 0.0926. The van der Waals surface area contributed by atoms with Crippen molar-refractivity contribution >= 4 is 5.91 Å². The van der Waals surface area contributed by atoms with Gasteiger partial charge in [0.2, 0.25) is 5.91 Å². The van der Waals surface area contributed by atoms with E-state index < -0.39 is 6.67 Å². The minimum atomic E-state index is -0.451. The number of nitrogens with zero attached hydrogens (tertiary/aromatic N) is 1. The van der Waals surface area contributed by atoms with Crippen molar-refractivity contribution in [2.24, 2.45) is 5.73 Å². The fourth-order valence-electron chi connectivity index (χ4n) is 1.08. The van der Waals surface area contributed by atoms with E-state index >= 15 is 0 Å². The Bertz CT molecular complexity index is 367. The molecule has 2 N–H and O–H groups in total. The number of nitrogens with two attached hydrogens (primary N) is 1. The van der Waals surface area contributed by atoms with Crippen LogP contribution in [0.5, 0.6) is 0 Å². The molecule has 0 bridgehead atoms. The highest BCUT2D eigenvalue weighted by Crippen LogP contribution is 2.05. The molecule has 0 saturated heterocycles. The molecule has 0 heterocycles. The first-order valence-electron chi connectivity index (χ1n) is 6.73. The zero-order valence-electron chi connectivity index (χ0n) is 14.0. The molecule has 1 rings (SSSR count). The molecule has 1 atom stereocenters. The number of carbonyl (C=O) groups excluding carboxylic acids is 1. The summed E-state index contributed by atoms with van der Waals surface area (Å²) in [7, 11) is 6.70. The molecule has 0 aromatic heterocycles. The van der Waals surface area contributed by atoms with Crippen molar-refractivity contribution in [1.82, 2.24) is 4.90 Å². The van der Waals surface area contributed by atoms with Crippen LogP contribution in [0.25, 0.3) is 0 Å². The third-order valence-electron chi connectivity index (χ3n) is 2.45. The Morgan fingerprint density at radius 1 is 1.29 bits per heavy atom. The number of alkyl halides is 1. The van der Waals surface area contributed by atoms with Gasteiger partial charge in [0.05, 0.1) is 0 Å². The van der Waals surface area contributed by atoms with Crippen molar-refractivity contribution in [3.05, 3.63) is 35.4 Å². The van der Waals surface area contributed by atoms with E-state index in [9.17, 15) is 9.18 Å². The largest absolute Gasteiger partial charge is 0.388 e. The van der Waals surface area contributed by atoms with Crippen LogP contribution in [0, 0.1) is 6.92 Å². The van der Waals surface area contributed by atoms with Crippen LogP contribution in [0.3, 0.4) is 0 Å². The van der Waals surface area contributed by atoms with Gasteiger partial charge >= 0.3 is 0 Å². The third kappa shape index (κ3) is 14.8. The van der Waals surface area contributed by atoms with Crippen LogP contribution >= 0.6 is 0 Å². The Hall–Kier alpha value is -1.46. The lowest BCUT2D eigenvalue weighted by Crippen LogP contribution is -2.24. The van der Waals surface area contributed by atoms with E-state index in [2.05, 4.69) is 4.74 Å². The number of benzene rings is 1. The summed E-state index contributed by atoms with van der Waals surface area (Å²) >= 11 is 0. The maximum atomic E-state index is 12.0. The maximum Gasteiger partial charge on any atom is 0.218 e. The molecule has 0 radical (unpaired) electrons. The van der Waals surface area contributed by atoms with E-state index in [-0.39, 0.29) is 11.9 Å². The molecule has 1 aromatic rings. The summed E-state index contributed by atoms with van der Waals surface area (Å²) in [5.41, 5.74) is 7.79. The topological polar surface area (TPSA) is 55.6 Å². The standard InChI is InChI=1S/C10H14FN.C4H9NO.C2H6O/c1-8-2-4-9(5-3-8)6-10(12)7-11;1-4(6)5(2)3;1-3-2/h2-5,10H,6-7,12H2,1H3;1-3H3;1-2H3. The van der Waals surface area contributed by atoms with Gasteiger partial charge in [-0.1, -0.05) is 29.8 Å². The molecule has 5 heteroatoms. The Morgan fingerprint density at radius 3 is 1.95 bits per heavy atom. The molecule has 0 spiro atoms. The fraction of sp³-hybridized carbons (Fsp3) is 0.562. The van der Waals surface area contributed by atoms with E-state index in [0.29, 0.717) is 6.42 Å². The van der Waals surface area contributed by atoms with Crippen molar-refractivity contribution < 1.29 is 13.9 Å². The van der Waals surface area contributed by atoms with E-state index in [4.69, 9.17) is 5.73 Å². The number of amides is 1. The summed E-state index contributed by atoms with van der Waals surface area (Å²) in [6, 6.07) is 7.66. The molecule has 0 aliphatic carbocycles. The van der Waals surface area contributed by atoms with Crippen LogP contribution in [0.2, 0.25) is 0 Å². The molecule has 0 aliphatic heterocycles. The number of ether oxygens (including phenoxy) is 1. The van der Waals surface area contributed by atoms with Gasteiger partial charge in [-0.25, -0.2) is 4.39 Å². The molecular weight excluding hydrogens is 271 g/mol. The molecular formula is C16H29FN2O2. The van der Waals surface area contributed by atoms with Crippen LogP contribution in [0.1, 0.15) is 18.1 Å². The lowest BCUT2D eigenvalue weighted by molar-refractivity contribution is -0.126. The van der Waals surface area contributed by atoms with Crippen molar-refractivity contribution in [1.29, 1.82) is 0 Å². The van der Waals surface area contributed by atoms with Gasteiger partial charge in [-0.2, -0.15) is 0 Å². The molecule has 122 valence electrons. The summed E-state index contributed by atoms with van der Waals surface area (Å²) in [6.07, 6.45) is 0.622. The number of hydrogen-bond donors (Lipinski definition) is 1. The zero-order chi connectivity index (χ0) is 16.8. The van der Waals surface area contributed by atoms with Crippen LogP contribution < -0.4 is 5.73 Å². The third-order valence-corrected chi connectivity index (χ3v) is 2.45. The SMILES string of the molecule is CC(=O)N(C)C.COC.Cc1ccc(CC(N)CF)cc1. The lowest BCUT2D eigenvalue weighted by Gasteiger charge is -2.06. The summed E-state index contributed by atoms with van der Waals surface area (Å²) in [6.45, 7) is 3.10. The highest BCUT2D eigenvalue weighted by molar-refractivity contribution is 5.72. The van der Waals surface area contributed by atoms with Gasteiger partial charge < -0.3 is 15.4 Å². The van der Waals surface area contributed by atoms with Crippen LogP contribution in [-0.2, 0) is 16.0 Å². The smallest absolute Gasteiger partial charge is 0.218 e. The second kappa shape index (κ2) is 13.5. The lowest BCUT2D eigenvalue weighted by atomic mass is 10.1. The van der Waals surface area contributed by atoms with Crippen LogP contribution in [0.4, 0.5) is 4.39 Å². The van der Waals surface area contributed by atoms with Crippen molar-refractivity contribution in [3.63, 3.8) is 0 Å². The predicted molar refractivity (Wildman–Crippen MR) is 86.1 cm³/mol. The monoisotopic (exact) mass is 300 g/mol. The van der Waals surface area contributed by atoms with Gasteiger partial charge in [0.25, 0.3) is 0 Å². The van der Waals surface area contributed by atoms with Gasteiger partial charge in [0.15, 0.2) is 0 Å². The van der Waals surface area contributed by atoms with E-state index in [1.165, 1.54) is 17.4 Å². The van der Waals surface area contributed by atoms with Crippen molar-refractivity contribution in [3.8, 4) is 0 Å². The Morgan fingerprint density at radius 2 is 1.67 bits per heavy atom. The minimum absolute atomic E-state index is 0.0926. The number of rotatable bonds is 3. The first kappa shape index (κ1) is 21.8. The van der Waals surface area contributed by atoms with Gasteiger partial charge in [0, 0.05) is 41.3 Å². The first-order valence-corrected chi connectivity index (χ1v) is 6.73. The molecule has 1 unspecified atom stereocenters. The highest BCUT2D eigenvalue weighted by atomic mass is 19.1. The van der Waals surface area contributed by atoms with Crippen LogP contribution in [0.15, 0.2) is 24.3 Å². The van der Waals surface area contributed by atoms with Crippen LogP contribution in [-0.4, -0.2) is 51.8 Å². The molecule has 0 fully saturated rings. The van der Waals surface area contributed by atoms with E-state index in [0.717, 1.165) is 5.56 Å². The Labute approximate surface area is 128 Å². The van der Waals surface area contributed by atoms with Gasteiger partial charge in [-0.3, -0.25) is 4.79 Å². The van der Waals surface area contributed by atoms with Gasteiger partial charge in [-0.15, -0.1) is 0 Å². The average molecular weight is 300 g/mol. The Kier molecular flexibility index (Phi) is 14.1. The quantitative estimate of drug-likeness (QED) is 0.931. The molecule has 1 amide bonds. The van der Waals surface area contributed by atoms with Crippen molar-refractivity contribution in [2.75, 3.05) is 35.0 Å². The molecule has 0 saturated carbocycles. The summed E-state index contributed by atoms with van der Waals surface area (Å²) in [5, 5.41) is 0. The van der Waals surface area contributed by atoms with E-state index in [1.54, 1.807) is 28.3 Å². The van der Waals surface area contributed by atoms with E-state index in [1.807, 2.05) is 31.2 Å².